The van der Waals surface area contributed by atoms with Gasteiger partial charge in [0.25, 0.3) is 0 Å². The maximum Gasteiger partial charge on any atom is 0.0547 e. The molecule has 3 heteroatoms. The van der Waals surface area contributed by atoms with Crippen molar-refractivity contribution >= 4 is 70.4 Å². The van der Waals surface area contributed by atoms with Crippen LogP contribution in [0.2, 0.25) is 0 Å². The highest BCUT2D eigenvalue weighted by atomic mass is 32.1. The van der Waals surface area contributed by atoms with Gasteiger partial charge >= 0.3 is 0 Å². The van der Waals surface area contributed by atoms with Crippen molar-refractivity contribution in [2.45, 2.75) is 0 Å². The molecule has 0 fully saturated rings. The molecule has 2 aromatic heterocycles. The summed E-state index contributed by atoms with van der Waals surface area (Å²) >= 11 is 1.88. The van der Waals surface area contributed by atoms with Gasteiger partial charge < -0.3 is 9.47 Å². The van der Waals surface area contributed by atoms with Crippen molar-refractivity contribution < 1.29 is 0 Å². The first-order valence-corrected chi connectivity index (χ1v) is 20.2. The summed E-state index contributed by atoms with van der Waals surface area (Å²) in [7, 11) is 0. The molecule has 0 aliphatic carbocycles. The molecule has 0 saturated carbocycles. The number of nitrogens with zero attached hydrogens (tertiary/aromatic N) is 2. The molecule has 2 heterocycles. The van der Waals surface area contributed by atoms with E-state index < -0.39 is 0 Å². The first kappa shape index (κ1) is 33.2. The molecule has 0 spiro atoms. The SMILES string of the molecule is c1ccc(-c2ccc(N(c3ccc(-c4ccc5c6ccccc6n(-c6ccccc6)c5c4)cc3)c3ccc(-c4cccc5c4sc4ccccc45)cc3)cc2)cc1. The molecule has 0 aliphatic rings. The molecule has 11 rings (SSSR count). The molecular weight excluding hydrogens is 709 g/mol. The fourth-order valence-corrected chi connectivity index (χ4v) is 9.69. The molecule has 0 N–H and O–H groups in total. The second-order valence-electron chi connectivity index (χ2n) is 14.5. The molecule has 0 amide bonds. The number of hydrogen-bond donors (Lipinski definition) is 0. The van der Waals surface area contributed by atoms with E-state index in [1.807, 2.05) is 11.3 Å². The molecule has 9 aromatic carbocycles. The number of fused-ring (bicyclic) bond motifs is 6. The summed E-state index contributed by atoms with van der Waals surface area (Å²) in [5.41, 5.74) is 14.2. The van der Waals surface area contributed by atoms with Gasteiger partial charge in [-0.25, -0.2) is 0 Å². The topological polar surface area (TPSA) is 8.17 Å². The lowest BCUT2D eigenvalue weighted by molar-refractivity contribution is 1.18. The van der Waals surface area contributed by atoms with E-state index in [9.17, 15) is 0 Å². The van der Waals surface area contributed by atoms with Gasteiger partial charge in [0.2, 0.25) is 0 Å². The zero-order chi connectivity index (χ0) is 37.7. The van der Waals surface area contributed by atoms with Gasteiger partial charge in [-0.3, -0.25) is 0 Å². The van der Waals surface area contributed by atoms with Crippen LogP contribution in [0.1, 0.15) is 0 Å². The summed E-state index contributed by atoms with van der Waals surface area (Å²) in [6.45, 7) is 0. The van der Waals surface area contributed by atoms with Gasteiger partial charge in [0.1, 0.15) is 0 Å². The summed E-state index contributed by atoms with van der Waals surface area (Å²) in [4.78, 5) is 2.36. The number of rotatable bonds is 7. The van der Waals surface area contributed by atoms with E-state index in [4.69, 9.17) is 0 Å². The Labute approximate surface area is 335 Å². The Morgan fingerprint density at radius 2 is 0.842 bits per heavy atom. The smallest absolute Gasteiger partial charge is 0.0547 e. The summed E-state index contributed by atoms with van der Waals surface area (Å²) < 4.78 is 5.04. The Balaban J connectivity index is 0.990. The fraction of sp³-hybridized carbons (Fsp3) is 0. The van der Waals surface area contributed by atoms with E-state index in [0.29, 0.717) is 0 Å². The Kier molecular flexibility index (Phi) is 8.04. The van der Waals surface area contributed by atoms with Crippen molar-refractivity contribution in [1.29, 1.82) is 0 Å². The Morgan fingerprint density at radius 1 is 0.333 bits per heavy atom. The molecule has 0 aliphatic heterocycles. The van der Waals surface area contributed by atoms with E-state index in [-0.39, 0.29) is 0 Å². The molecule has 57 heavy (non-hydrogen) atoms. The van der Waals surface area contributed by atoms with Gasteiger partial charge in [-0.15, -0.1) is 11.3 Å². The van der Waals surface area contributed by atoms with Crippen molar-refractivity contribution in [3.05, 3.63) is 218 Å². The molecule has 0 saturated heterocycles. The Bertz CT molecular complexity index is 3200. The normalized spacial score (nSPS) is 11.5. The average Bonchev–Trinajstić information content (AvgIpc) is 3.84. The number of anilines is 3. The lowest BCUT2D eigenvalue weighted by atomic mass is 10.0. The minimum Gasteiger partial charge on any atom is -0.311 e. The summed E-state index contributed by atoms with van der Waals surface area (Å²) in [6.07, 6.45) is 0. The van der Waals surface area contributed by atoms with E-state index >= 15 is 0 Å². The standard InChI is InChI=1S/C54H36N2S/c1-3-12-37(13-4-1)38-22-29-43(30-23-38)55(45-33-26-40(27-34-45)46-18-11-19-50-49-17-8-10-21-53(49)57-54(46)50)44-31-24-39(25-32-44)41-28-35-48-47-16-7-9-20-51(47)56(52(48)36-41)42-14-5-2-6-15-42/h1-36H. The molecular formula is C54H36N2S. The van der Waals surface area contributed by atoms with Crippen LogP contribution in [0.5, 0.6) is 0 Å². The van der Waals surface area contributed by atoms with E-state index in [0.717, 1.165) is 22.7 Å². The first-order valence-electron chi connectivity index (χ1n) is 19.4. The van der Waals surface area contributed by atoms with Crippen LogP contribution >= 0.6 is 11.3 Å². The van der Waals surface area contributed by atoms with Crippen molar-refractivity contribution in [1.82, 2.24) is 4.57 Å². The monoisotopic (exact) mass is 744 g/mol. The highest BCUT2D eigenvalue weighted by Crippen LogP contribution is 2.42. The maximum atomic E-state index is 2.38. The molecule has 0 atom stereocenters. The zero-order valence-electron chi connectivity index (χ0n) is 31.1. The van der Waals surface area contributed by atoms with Gasteiger partial charge in [-0.2, -0.15) is 0 Å². The molecule has 268 valence electrons. The average molecular weight is 745 g/mol. The van der Waals surface area contributed by atoms with Gasteiger partial charge in [0.05, 0.1) is 11.0 Å². The number of thiophene rings is 1. The van der Waals surface area contributed by atoms with Crippen LogP contribution in [0.3, 0.4) is 0 Å². The predicted octanol–water partition coefficient (Wildman–Crippen LogP) is 15.6. The molecule has 11 aromatic rings. The number of benzene rings is 9. The molecule has 2 nitrogen and oxygen atoms in total. The van der Waals surface area contributed by atoms with E-state index in [1.54, 1.807) is 0 Å². The second kappa shape index (κ2) is 13.8. The van der Waals surface area contributed by atoms with Crippen LogP contribution in [-0.4, -0.2) is 4.57 Å². The Hall–Kier alpha value is -7.20. The van der Waals surface area contributed by atoms with E-state index in [1.165, 1.54) is 75.4 Å². The molecule has 0 bridgehead atoms. The second-order valence-corrected chi connectivity index (χ2v) is 15.6. The van der Waals surface area contributed by atoms with Gasteiger partial charge in [-0.1, -0.05) is 152 Å². The zero-order valence-corrected chi connectivity index (χ0v) is 31.9. The third kappa shape index (κ3) is 5.80. The van der Waals surface area contributed by atoms with Crippen LogP contribution in [0.15, 0.2) is 218 Å². The third-order valence-corrected chi connectivity index (χ3v) is 12.4. The predicted molar refractivity (Wildman–Crippen MR) is 245 cm³/mol. The van der Waals surface area contributed by atoms with Gasteiger partial charge in [0, 0.05) is 53.7 Å². The van der Waals surface area contributed by atoms with Crippen LogP contribution in [0.4, 0.5) is 17.1 Å². The maximum absolute atomic E-state index is 2.38. The quantitative estimate of drug-likeness (QED) is 0.158. The highest BCUT2D eigenvalue weighted by Gasteiger charge is 2.17. The van der Waals surface area contributed by atoms with Crippen LogP contribution < -0.4 is 4.90 Å². The number of para-hydroxylation sites is 2. The van der Waals surface area contributed by atoms with E-state index in [2.05, 4.69) is 228 Å². The minimum atomic E-state index is 1.10. The van der Waals surface area contributed by atoms with Crippen molar-refractivity contribution in [3.8, 4) is 39.1 Å². The number of aromatic nitrogens is 1. The van der Waals surface area contributed by atoms with Crippen molar-refractivity contribution in [2.24, 2.45) is 0 Å². The van der Waals surface area contributed by atoms with Crippen molar-refractivity contribution in [3.63, 3.8) is 0 Å². The number of hydrogen-bond acceptors (Lipinski definition) is 2. The van der Waals surface area contributed by atoms with Gasteiger partial charge in [-0.05, 0) is 100 Å². The highest BCUT2D eigenvalue weighted by molar-refractivity contribution is 7.26. The molecule has 0 unspecified atom stereocenters. The summed E-state index contributed by atoms with van der Waals surface area (Å²) in [5, 5.41) is 5.16. The third-order valence-electron chi connectivity index (χ3n) is 11.2. The van der Waals surface area contributed by atoms with Crippen molar-refractivity contribution in [2.75, 3.05) is 4.90 Å². The van der Waals surface area contributed by atoms with Gasteiger partial charge in [0.15, 0.2) is 0 Å². The lowest BCUT2D eigenvalue weighted by Gasteiger charge is -2.26. The Morgan fingerprint density at radius 3 is 1.54 bits per heavy atom. The lowest BCUT2D eigenvalue weighted by Crippen LogP contribution is -2.09. The first-order chi connectivity index (χ1) is 28.3. The summed E-state index contributed by atoms with van der Waals surface area (Å²) in [6, 6.07) is 79.2. The minimum absolute atomic E-state index is 1.10. The fourth-order valence-electron chi connectivity index (χ4n) is 8.45. The van der Waals surface area contributed by atoms with Crippen LogP contribution in [0, 0.1) is 0 Å². The molecule has 0 radical (unpaired) electrons. The van der Waals surface area contributed by atoms with Crippen LogP contribution in [-0.2, 0) is 0 Å². The largest absolute Gasteiger partial charge is 0.311 e. The summed E-state index contributed by atoms with van der Waals surface area (Å²) in [5.74, 6) is 0. The van der Waals surface area contributed by atoms with Crippen LogP contribution in [0.25, 0.3) is 81.0 Å².